The van der Waals surface area contributed by atoms with Gasteiger partial charge in [0, 0.05) is 13.1 Å². The minimum Gasteiger partial charge on any atom is -0.337 e. The number of aromatic nitrogens is 4. The average molecular weight is 329 g/mol. The van der Waals surface area contributed by atoms with Crippen LogP contribution in [0.15, 0.2) is 29.4 Å². The van der Waals surface area contributed by atoms with Crippen LogP contribution in [0.1, 0.15) is 36.9 Å². The van der Waals surface area contributed by atoms with Crippen molar-refractivity contribution in [3.63, 3.8) is 0 Å². The van der Waals surface area contributed by atoms with Crippen molar-refractivity contribution in [2.45, 2.75) is 49.2 Å². The molecule has 1 aliphatic heterocycles. The quantitative estimate of drug-likeness (QED) is 0.804. The van der Waals surface area contributed by atoms with Gasteiger partial charge in [0.05, 0.1) is 11.3 Å². The van der Waals surface area contributed by atoms with E-state index in [-0.39, 0.29) is 11.2 Å². The van der Waals surface area contributed by atoms with Gasteiger partial charge in [-0.3, -0.25) is 4.79 Å². The summed E-state index contributed by atoms with van der Waals surface area (Å²) in [6, 6.07) is 8.79. The Labute approximate surface area is 139 Å². The summed E-state index contributed by atoms with van der Waals surface area (Å²) in [4.78, 5) is 14.7. The van der Waals surface area contributed by atoms with Crippen LogP contribution in [-0.2, 0) is 17.8 Å². The summed E-state index contributed by atoms with van der Waals surface area (Å²) < 4.78 is 1.86. The molecule has 1 amide bonds. The lowest BCUT2D eigenvalue weighted by molar-refractivity contribution is -0.131. The molecule has 6 nitrogen and oxygen atoms in total. The second kappa shape index (κ2) is 5.96. The lowest BCUT2D eigenvalue weighted by atomic mass is 10.00. The number of hydrogen-bond acceptors (Lipinski definition) is 5. The van der Waals surface area contributed by atoms with Crippen LogP contribution in [0, 0.1) is 0 Å². The first-order valence-electron chi connectivity index (χ1n) is 8.02. The SMILES string of the molecule is C[C@H](Sc1nnnn1C1CC1)C(=O)N1CCc2ccccc2C1. The average Bonchev–Trinajstić information content (AvgIpc) is 3.33. The molecule has 0 saturated heterocycles. The first-order chi connectivity index (χ1) is 11.2. The van der Waals surface area contributed by atoms with Crippen LogP contribution in [-0.4, -0.2) is 42.8 Å². The summed E-state index contributed by atoms with van der Waals surface area (Å²) in [5, 5.41) is 12.5. The van der Waals surface area contributed by atoms with Gasteiger partial charge in [-0.25, -0.2) is 4.68 Å². The number of hydrogen-bond donors (Lipinski definition) is 0. The molecule has 1 fully saturated rings. The number of rotatable bonds is 4. The summed E-state index contributed by atoms with van der Waals surface area (Å²) in [5.74, 6) is 0.162. The van der Waals surface area contributed by atoms with Crippen LogP contribution in [0.3, 0.4) is 0 Å². The van der Waals surface area contributed by atoms with E-state index in [0.717, 1.165) is 31.0 Å². The van der Waals surface area contributed by atoms with E-state index in [1.54, 1.807) is 0 Å². The number of tetrazole rings is 1. The molecule has 2 aliphatic rings. The van der Waals surface area contributed by atoms with E-state index in [1.807, 2.05) is 22.6 Å². The molecular formula is C16H19N5OS. The fourth-order valence-electron chi connectivity index (χ4n) is 2.96. The van der Waals surface area contributed by atoms with Gasteiger partial charge < -0.3 is 4.90 Å². The Balaban J connectivity index is 1.43. The van der Waals surface area contributed by atoms with E-state index in [9.17, 15) is 4.79 Å². The third-order valence-corrected chi connectivity index (χ3v) is 5.46. The van der Waals surface area contributed by atoms with Gasteiger partial charge in [-0.05, 0) is 47.7 Å². The van der Waals surface area contributed by atoms with Crippen LogP contribution in [0.2, 0.25) is 0 Å². The monoisotopic (exact) mass is 329 g/mol. The summed E-state index contributed by atoms with van der Waals surface area (Å²) in [5.41, 5.74) is 2.61. The minimum absolute atomic E-state index is 0.162. The first kappa shape index (κ1) is 14.7. The summed E-state index contributed by atoms with van der Waals surface area (Å²) >= 11 is 1.46. The molecule has 0 N–H and O–H groups in total. The second-order valence-corrected chi connectivity index (χ2v) is 7.48. The van der Waals surface area contributed by atoms with Gasteiger partial charge in [0.15, 0.2) is 0 Å². The summed E-state index contributed by atoms with van der Waals surface area (Å²) in [7, 11) is 0. The molecule has 1 saturated carbocycles. The summed E-state index contributed by atoms with van der Waals surface area (Å²) in [6.07, 6.45) is 3.19. The molecule has 7 heteroatoms. The van der Waals surface area contributed by atoms with E-state index in [4.69, 9.17) is 0 Å². The highest BCUT2D eigenvalue weighted by Gasteiger charge is 2.31. The molecule has 2 heterocycles. The highest BCUT2D eigenvalue weighted by atomic mass is 32.2. The van der Waals surface area contributed by atoms with Crippen molar-refractivity contribution in [3.8, 4) is 0 Å². The van der Waals surface area contributed by atoms with E-state index in [2.05, 4.69) is 33.7 Å². The molecule has 0 unspecified atom stereocenters. The van der Waals surface area contributed by atoms with Gasteiger partial charge in [0.25, 0.3) is 0 Å². The Morgan fingerprint density at radius 1 is 1.30 bits per heavy atom. The topological polar surface area (TPSA) is 63.9 Å². The van der Waals surface area contributed by atoms with E-state index in [0.29, 0.717) is 12.6 Å². The number of fused-ring (bicyclic) bond motifs is 1. The maximum absolute atomic E-state index is 12.8. The van der Waals surface area contributed by atoms with E-state index < -0.39 is 0 Å². The highest BCUT2D eigenvalue weighted by molar-refractivity contribution is 8.00. The maximum Gasteiger partial charge on any atom is 0.236 e. The highest BCUT2D eigenvalue weighted by Crippen LogP contribution is 2.37. The smallest absolute Gasteiger partial charge is 0.236 e. The molecule has 0 radical (unpaired) electrons. The molecular weight excluding hydrogens is 310 g/mol. The Morgan fingerprint density at radius 3 is 2.87 bits per heavy atom. The van der Waals surface area contributed by atoms with Crippen LogP contribution >= 0.6 is 11.8 Å². The standard InChI is InChI=1S/C16H19N5OS/c1-11(23-16-17-18-19-21(16)14-6-7-14)15(22)20-9-8-12-4-2-3-5-13(12)10-20/h2-5,11,14H,6-10H2,1H3/t11-/m0/s1. The number of carbonyl (C=O) groups excluding carboxylic acids is 1. The molecule has 120 valence electrons. The third kappa shape index (κ3) is 2.97. The first-order valence-corrected chi connectivity index (χ1v) is 8.90. The third-order valence-electron chi connectivity index (χ3n) is 4.43. The van der Waals surface area contributed by atoms with Crippen molar-refractivity contribution in [1.82, 2.24) is 25.1 Å². The van der Waals surface area contributed by atoms with Gasteiger partial charge in [0.2, 0.25) is 11.1 Å². The molecule has 1 aromatic heterocycles. The van der Waals surface area contributed by atoms with E-state index >= 15 is 0 Å². The number of carbonyl (C=O) groups is 1. The lowest BCUT2D eigenvalue weighted by Crippen LogP contribution is -2.40. The second-order valence-electron chi connectivity index (χ2n) is 6.18. The molecule has 1 atom stereocenters. The molecule has 1 aromatic carbocycles. The van der Waals surface area contributed by atoms with Crippen LogP contribution in [0.25, 0.3) is 0 Å². The van der Waals surface area contributed by atoms with Gasteiger partial charge >= 0.3 is 0 Å². The van der Waals surface area contributed by atoms with Gasteiger partial charge in [-0.15, -0.1) is 5.10 Å². The Hall–Kier alpha value is -1.89. The Bertz CT molecular complexity index is 727. The molecule has 2 aromatic rings. The predicted octanol–water partition coefficient (Wildman–Crippen LogP) is 2.07. The number of thioether (sulfide) groups is 1. The molecule has 4 rings (SSSR count). The van der Waals surface area contributed by atoms with Crippen molar-refractivity contribution in [1.29, 1.82) is 0 Å². The Morgan fingerprint density at radius 2 is 2.09 bits per heavy atom. The lowest BCUT2D eigenvalue weighted by Gasteiger charge is -2.30. The zero-order valence-corrected chi connectivity index (χ0v) is 13.9. The molecule has 0 spiro atoms. The number of nitrogens with zero attached hydrogens (tertiary/aromatic N) is 5. The van der Waals surface area contributed by atoms with E-state index in [1.165, 1.54) is 22.9 Å². The fraction of sp³-hybridized carbons (Fsp3) is 0.500. The molecule has 0 bridgehead atoms. The van der Waals surface area contributed by atoms with Crippen molar-refractivity contribution < 1.29 is 4.79 Å². The molecule has 23 heavy (non-hydrogen) atoms. The predicted molar refractivity (Wildman–Crippen MR) is 87.0 cm³/mol. The van der Waals surface area contributed by atoms with Crippen LogP contribution < -0.4 is 0 Å². The van der Waals surface area contributed by atoms with Crippen molar-refractivity contribution in [3.05, 3.63) is 35.4 Å². The minimum atomic E-state index is -0.177. The van der Waals surface area contributed by atoms with Crippen molar-refractivity contribution in [2.75, 3.05) is 6.54 Å². The Kier molecular flexibility index (Phi) is 3.80. The maximum atomic E-state index is 12.8. The largest absolute Gasteiger partial charge is 0.337 e. The number of benzene rings is 1. The summed E-state index contributed by atoms with van der Waals surface area (Å²) in [6.45, 7) is 3.43. The molecule has 1 aliphatic carbocycles. The van der Waals surface area contributed by atoms with Crippen molar-refractivity contribution in [2.24, 2.45) is 0 Å². The van der Waals surface area contributed by atoms with Gasteiger partial charge in [0.1, 0.15) is 0 Å². The van der Waals surface area contributed by atoms with Crippen LogP contribution in [0.5, 0.6) is 0 Å². The van der Waals surface area contributed by atoms with Gasteiger partial charge in [-0.1, -0.05) is 36.0 Å². The van der Waals surface area contributed by atoms with Crippen LogP contribution in [0.4, 0.5) is 0 Å². The zero-order chi connectivity index (χ0) is 15.8. The normalized spacial score (nSPS) is 18.6. The fourth-order valence-corrected chi connectivity index (χ4v) is 3.90. The van der Waals surface area contributed by atoms with Gasteiger partial charge in [-0.2, -0.15) is 0 Å². The van der Waals surface area contributed by atoms with Crippen molar-refractivity contribution >= 4 is 17.7 Å². The zero-order valence-electron chi connectivity index (χ0n) is 13.1. The number of amides is 1.